The Labute approximate surface area is 179 Å². The van der Waals surface area contributed by atoms with Gasteiger partial charge in [-0.25, -0.2) is 9.37 Å². The van der Waals surface area contributed by atoms with Crippen LogP contribution in [0.25, 0.3) is 11.1 Å². The summed E-state index contributed by atoms with van der Waals surface area (Å²) in [6.45, 7) is 2.23. The Morgan fingerprint density at radius 1 is 1.35 bits per heavy atom. The van der Waals surface area contributed by atoms with Crippen LogP contribution in [-0.4, -0.2) is 64.2 Å². The van der Waals surface area contributed by atoms with Gasteiger partial charge in [-0.15, -0.1) is 0 Å². The molecule has 0 saturated carbocycles. The Balaban J connectivity index is 1.40. The van der Waals surface area contributed by atoms with Crippen molar-refractivity contribution in [2.45, 2.75) is 12.6 Å². The quantitative estimate of drug-likeness (QED) is 0.629. The molecule has 2 aromatic heterocycles. The van der Waals surface area contributed by atoms with Crippen LogP contribution in [0.2, 0.25) is 0 Å². The average molecular weight is 424 g/mol. The van der Waals surface area contributed by atoms with E-state index in [2.05, 4.69) is 15.2 Å². The number of nitrogens with two attached hydrogens (primary N) is 1. The minimum absolute atomic E-state index is 0.0205. The largest absolute Gasteiger partial charge is 0.384 e. The molecule has 1 unspecified atom stereocenters. The Morgan fingerprint density at radius 3 is 2.94 bits per heavy atom. The Kier molecular flexibility index (Phi) is 6.24. The molecule has 31 heavy (non-hydrogen) atoms. The fourth-order valence-corrected chi connectivity index (χ4v) is 3.73. The van der Waals surface area contributed by atoms with E-state index in [1.54, 1.807) is 35.5 Å². The van der Waals surface area contributed by atoms with Gasteiger partial charge in [0.25, 0.3) is 0 Å². The third-order valence-electron chi connectivity index (χ3n) is 5.27. The lowest BCUT2D eigenvalue weighted by Gasteiger charge is -2.34. The van der Waals surface area contributed by atoms with Crippen molar-refractivity contribution in [2.24, 2.45) is 0 Å². The van der Waals surface area contributed by atoms with Crippen molar-refractivity contribution in [3.05, 3.63) is 65.9 Å². The number of benzene rings is 1. The molecule has 9 heteroatoms. The lowest BCUT2D eigenvalue weighted by molar-refractivity contribution is -0.140. The lowest BCUT2D eigenvalue weighted by Crippen LogP contribution is -2.46. The van der Waals surface area contributed by atoms with Crippen molar-refractivity contribution in [2.75, 3.05) is 39.0 Å². The number of aromatic nitrogens is 3. The van der Waals surface area contributed by atoms with Gasteiger partial charge >= 0.3 is 0 Å². The second-order valence-electron chi connectivity index (χ2n) is 7.66. The smallest absolute Gasteiger partial charge is 0.236 e. The fourth-order valence-electron chi connectivity index (χ4n) is 3.73. The number of hydrogen-bond acceptors (Lipinski definition) is 6. The molecule has 3 N–H and O–H groups in total. The van der Waals surface area contributed by atoms with Crippen molar-refractivity contribution < 1.29 is 13.9 Å². The van der Waals surface area contributed by atoms with Gasteiger partial charge in [-0.05, 0) is 42.4 Å². The van der Waals surface area contributed by atoms with E-state index >= 15 is 0 Å². The Bertz CT molecular complexity index is 1040. The maximum atomic E-state index is 13.1. The summed E-state index contributed by atoms with van der Waals surface area (Å²) in [7, 11) is 1.88. The van der Waals surface area contributed by atoms with Gasteiger partial charge in [0.1, 0.15) is 17.7 Å². The standard InChI is InChI=1S/C22H25FN6O2/c1-28(12-15-2-4-17(23)5-3-15)14-21(30)29-8-9-31-19(13-29)22-18(11-26-27-22)16-6-7-25-20(24)10-16/h2-7,10-11,19H,8-9,12-14H2,1H3,(H2,24,25)(H,26,27). The van der Waals surface area contributed by atoms with Crippen LogP contribution in [0.4, 0.5) is 10.2 Å². The molecule has 1 amide bonds. The number of carbonyl (C=O) groups is 1. The first-order valence-corrected chi connectivity index (χ1v) is 10.1. The summed E-state index contributed by atoms with van der Waals surface area (Å²) >= 11 is 0. The second-order valence-corrected chi connectivity index (χ2v) is 7.66. The molecule has 0 spiro atoms. The number of amides is 1. The topological polar surface area (TPSA) is 100 Å². The minimum atomic E-state index is -0.313. The van der Waals surface area contributed by atoms with Crippen LogP contribution < -0.4 is 5.73 Å². The van der Waals surface area contributed by atoms with E-state index in [1.807, 2.05) is 18.0 Å². The molecule has 1 atom stereocenters. The molecule has 0 aliphatic carbocycles. The number of morpholine rings is 1. The zero-order valence-electron chi connectivity index (χ0n) is 17.3. The number of pyridine rings is 1. The van der Waals surface area contributed by atoms with Crippen LogP contribution >= 0.6 is 0 Å². The molecule has 8 nitrogen and oxygen atoms in total. The first-order valence-electron chi connectivity index (χ1n) is 10.1. The maximum absolute atomic E-state index is 13.1. The van der Waals surface area contributed by atoms with E-state index in [0.29, 0.717) is 32.1 Å². The molecule has 1 aromatic carbocycles. The van der Waals surface area contributed by atoms with E-state index in [4.69, 9.17) is 10.5 Å². The number of likely N-dealkylation sites (N-methyl/N-ethyl adjacent to an activating group) is 1. The summed E-state index contributed by atoms with van der Waals surface area (Å²) < 4.78 is 19.0. The van der Waals surface area contributed by atoms with E-state index in [1.165, 1.54) is 12.1 Å². The van der Waals surface area contributed by atoms with Crippen molar-refractivity contribution in [1.29, 1.82) is 0 Å². The highest BCUT2D eigenvalue weighted by atomic mass is 19.1. The second kappa shape index (κ2) is 9.23. The number of anilines is 1. The SMILES string of the molecule is CN(CC(=O)N1CCOC(c2[nH]ncc2-c2ccnc(N)c2)C1)Cc1ccc(F)cc1. The average Bonchev–Trinajstić information content (AvgIpc) is 3.25. The van der Waals surface area contributed by atoms with Crippen LogP contribution in [0.1, 0.15) is 17.4 Å². The van der Waals surface area contributed by atoms with Gasteiger partial charge in [-0.3, -0.25) is 14.8 Å². The number of nitrogen functional groups attached to an aromatic ring is 1. The van der Waals surface area contributed by atoms with E-state index in [9.17, 15) is 9.18 Å². The molecule has 1 aliphatic rings. The van der Waals surface area contributed by atoms with E-state index < -0.39 is 0 Å². The molecule has 3 aromatic rings. The Hall–Kier alpha value is -3.30. The van der Waals surface area contributed by atoms with Gasteiger partial charge in [-0.1, -0.05) is 12.1 Å². The monoisotopic (exact) mass is 424 g/mol. The molecule has 1 aliphatic heterocycles. The predicted octanol–water partition coefficient (Wildman–Crippen LogP) is 2.22. The molecule has 0 bridgehead atoms. The van der Waals surface area contributed by atoms with Crippen LogP contribution in [-0.2, 0) is 16.1 Å². The molecular formula is C22H25FN6O2. The number of aromatic amines is 1. The van der Waals surface area contributed by atoms with Gasteiger partial charge < -0.3 is 15.4 Å². The number of hydrogen-bond donors (Lipinski definition) is 2. The summed E-state index contributed by atoms with van der Waals surface area (Å²) in [6.07, 6.45) is 3.06. The maximum Gasteiger partial charge on any atom is 0.236 e. The number of carbonyl (C=O) groups excluding carboxylic acids is 1. The summed E-state index contributed by atoms with van der Waals surface area (Å²) in [5, 5.41) is 7.19. The van der Waals surface area contributed by atoms with Crippen molar-refractivity contribution in [3.63, 3.8) is 0 Å². The highest BCUT2D eigenvalue weighted by Gasteiger charge is 2.29. The molecule has 0 radical (unpaired) electrons. The summed E-state index contributed by atoms with van der Waals surface area (Å²) in [5.41, 5.74) is 9.34. The summed E-state index contributed by atoms with van der Waals surface area (Å²) in [4.78, 5) is 20.6. The number of nitrogens with zero attached hydrogens (tertiary/aromatic N) is 4. The van der Waals surface area contributed by atoms with Gasteiger partial charge in [0.05, 0.1) is 31.6 Å². The van der Waals surface area contributed by atoms with Crippen molar-refractivity contribution in [3.8, 4) is 11.1 Å². The van der Waals surface area contributed by atoms with E-state index in [-0.39, 0.29) is 24.4 Å². The highest BCUT2D eigenvalue weighted by Crippen LogP contribution is 2.30. The molecule has 3 heterocycles. The van der Waals surface area contributed by atoms with Gasteiger partial charge in [0.15, 0.2) is 0 Å². The number of ether oxygens (including phenoxy) is 1. The van der Waals surface area contributed by atoms with Gasteiger partial charge in [0, 0.05) is 24.8 Å². The molecule has 162 valence electrons. The molecule has 1 fully saturated rings. The lowest BCUT2D eigenvalue weighted by atomic mass is 10.0. The van der Waals surface area contributed by atoms with Crippen LogP contribution in [0.15, 0.2) is 48.8 Å². The normalized spacial score (nSPS) is 16.6. The van der Waals surface area contributed by atoms with Crippen molar-refractivity contribution in [1.82, 2.24) is 25.0 Å². The zero-order valence-corrected chi connectivity index (χ0v) is 17.3. The number of H-pyrrole nitrogens is 1. The Morgan fingerprint density at radius 2 is 2.16 bits per heavy atom. The third-order valence-corrected chi connectivity index (χ3v) is 5.27. The van der Waals surface area contributed by atoms with Crippen LogP contribution in [0.5, 0.6) is 0 Å². The first kappa shape index (κ1) is 21.0. The summed E-state index contributed by atoms with van der Waals surface area (Å²) in [6, 6.07) is 9.96. The highest BCUT2D eigenvalue weighted by molar-refractivity contribution is 5.78. The minimum Gasteiger partial charge on any atom is -0.384 e. The number of rotatable bonds is 6. The number of halogens is 1. The zero-order chi connectivity index (χ0) is 21.8. The molecular weight excluding hydrogens is 399 g/mol. The fraction of sp³-hybridized carbons (Fsp3) is 0.318. The van der Waals surface area contributed by atoms with Crippen LogP contribution in [0, 0.1) is 5.82 Å². The number of nitrogens with one attached hydrogen (secondary N) is 1. The summed E-state index contributed by atoms with van der Waals surface area (Å²) in [5.74, 6) is 0.178. The first-order chi connectivity index (χ1) is 15.0. The predicted molar refractivity (Wildman–Crippen MR) is 114 cm³/mol. The molecule has 4 rings (SSSR count). The van der Waals surface area contributed by atoms with Gasteiger partial charge in [-0.2, -0.15) is 5.10 Å². The third kappa shape index (κ3) is 5.07. The van der Waals surface area contributed by atoms with Gasteiger partial charge in [0.2, 0.25) is 5.91 Å². The van der Waals surface area contributed by atoms with Crippen molar-refractivity contribution >= 4 is 11.7 Å². The molecule has 1 saturated heterocycles. The van der Waals surface area contributed by atoms with E-state index in [0.717, 1.165) is 22.4 Å². The van der Waals surface area contributed by atoms with Crippen LogP contribution in [0.3, 0.4) is 0 Å².